The van der Waals surface area contributed by atoms with Crippen LogP contribution >= 0.6 is 27.5 Å². The highest BCUT2D eigenvalue weighted by atomic mass is 79.9. The average Bonchev–Trinajstić information content (AvgIpc) is 2.40. The van der Waals surface area contributed by atoms with Crippen molar-refractivity contribution in [3.05, 3.63) is 56.8 Å². The minimum atomic E-state index is -0.184. The number of anilines is 1. The number of halogens is 2. The number of aryl methyl sites for hydroxylation is 2. The van der Waals surface area contributed by atoms with Gasteiger partial charge in [0.2, 0.25) is 0 Å². The second kappa shape index (κ2) is 5.94. The van der Waals surface area contributed by atoms with Crippen molar-refractivity contribution < 1.29 is 4.79 Å². The maximum absolute atomic E-state index is 12.5. The molecule has 0 aliphatic rings. The van der Waals surface area contributed by atoms with Gasteiger partial charge in [0, 0.05) is 23.4 Å². The third-order valence-corrected chi connectivity index (χ3v) is 3.79. The van der Waals surface area contributed by atoms with E-state index in [2.05, 4.69) is 20.9 Å². The molecule has 0 aliphatic heterocycles. The van der Waals surface area contributed by atoms with Crippen LogP contribution in [0.4, 0.5) is 5.69 Å². The molecule has 2 aromatic rings. The molecule has 1 aromatic carbocycles. The van der Waals surface area contributed by atoms with Gasteiger partial charge in [0.25, 0.3) is 5.91 Å². The van der Waals surface area contributed by atoms with Crippen LogP contribution in [0.2, 0.25) is 5.15 Å². The molecule has 5 heteroatoms. The summed E-state index contributed by atoms with van der Waals surface area (Å²) in [6.07, 6.45) is 1.57. The molecular weight excluding hydrogens is 340 g/mol. The summed E-state index contributed by atoms with van der Waals surface area (Å²) >= 11 is 9.31. The zero-order valence-electron chi connectivity index (χ0n) is 11.4. The molecule has 20 heavy (non-hydrogen) atoms. The van der Waals surface area contributed by atoms with Gasteiger partial charge in [-0.1, -0.05) is 29.3 Å². The summed E-state index contributed by atoms with van der Waals surface area (Å²) in [6.45, 7) is 4.00. The van der Waals surface area contributed by atoms with Crippen molar-refractivity contribution >= 4 is 39.1 Å². The first kappa shape index (κ1) is 15.0. The van der Waals surface area contributed by atoms with Gasteiger partial charge in [0.1, 0.15) is 5.15 Å². The van der Waals surface area contributed by atoms with E-state index in [1.54, 1.807) is 24.2 Å². The van der Waals surface area contributed by atoms with Crippen LogP contribution in [0, 0.1) is 13.8 Å². The summed E-state index contributed by atoms with van der Waals surface area (Å²) in [5.41, 5.74) is 3.44. The topological polar surface area (TPSA) is 33.2 Å². The number of pyridine rings is 1. The van der Waals surface area contributed by atoms with Crippen LogP contribution in [0.25, 0.3) is 0 Å². The number of carbonyl (C=O) groups excluding carboxylic acids is 1. The standard InChI is InChI=1S/C15H14BrClN2O/c1-9-4-5-13(10(2)6-9)19(3)15(20)12-7-11(16)8-18-14(12)17/h4-8H,1-3H3. The Labute approximate surface area is 131 Å². The molecule has 3 nitrogen and oxygen atoms in total. The van der Waals surface area contributed by atoms with Crippen molar-refractivity contribution in [1.82, 2.24) is 4.98 Å². The van der Waals surface area contributed by atoms with Gasteiger partial charge < -0.3 is 4.90 Å². The number of hydrogen-bond acceptors (Lipinski definition) is 2. The molecule has 0 aliphatic carbocycles. The van der Waals surface area contributed by atoms with Crippen LogP contribution in [-0.2, 0) is 0 Å². The van der Waals surface area contributed by atoms with E-state index in [1.165, 1.54) is 0 Å². The van der Waals surface area contributed by atoms with E-state index >= 15 is 0 Å². The number of aromatic nitrogens is 1. The largest absolute Gasteiger partial charge is 0.311 e. The molecule has 104 valence electrons. The Hall–Kier alpha value is -1.39. The minimum absolute atomic E-state index is 0.184. The molecule has 1 amide bonds. The Morgan fingerprint density at radius 1 is 1.30 bits per heavy atom. The van der Waals surface area contributed by atoms with Crippen molar-refractivity contribution in [3.63, 3.8) is 0 Å². The van der Waals surface area contributed by atoms with Crippen LogP contribution in [0.15, 0.2) is 34.9 Å². The molecule has 0 radical (unpaired) electrons. The molecule has 0 unspecified atom stereocenters. The van der Waals surface area contributed by atoms with Crippen molar-refractivity contribution in [1.29, 1.82) is 0 Å². The van der Waals surface area contributed by atoms with Gasteiger partial charge in [-0.05, 0) is 47.5 Å². The fourth-order valence-corrected chi connectivity index (χ4v) is 2.56. The fraction of sp³-hybridized carbons (Fsp3) is 0.200. The number of carbonyl (C=O) groups is 1. The molecule has 0 saturated heterocycles. The van der Waals surface area contributed by atoms with Crippen molar-refractivity contribution in [3.8, 4) is 0 Å². The fourth-order valence-electron chi connectivity index (χ4n) is 2.04. The van der Waals surface area contributed by atoms with Crippen LogP contribution in [-0.4, -0.2) is 17.9 Å². The van der Waals surface area contributed by atoms with Gasteiger partial charge in [-0.2, -0.15) is 0 Å². The van der Waals surface area contributed by atoms with Crippen LogP contribution in [0.3, 0.4) is 0 Å². The lowest BCUT2D eigenvalue weighted by atomic mass is 10.1. The van der Waals surface area contributed by atoms with E-state index in [1.807, 2.05) is 32.0 Å². The number of nitrogens with zero attached hydrogens (tertiary/aromatic N) is 2. The molecule has 0 saturated carbocycles. The quantitative estimate of drug-likeness (QED) is 0.750. The third-order valence-electron chi connectivity index (χ3n) is 3.05. The normalized spacial score (nSPS) is 10.4. The Balaban J connectivity index is 2.40. The molecule has 2 rings (SSSR count). The molecule has 0 spiro atoms. The van der Waals surface area contributed by atoms with Gasteiger partial charge in [-0.15, -0.1) is 0 Å². The molecule has 0 fully saturated rings. The second-order valence-corrected chi connectivity index (χ2v) is 5.92. The molecular formula is C15H14BrClN2O. The van der Waals surface area contributed by atoms with Crippen molar-refractivity contribution in [2.45, 2.75) is 13.8 Å². The van der Waals surface area contributed by atoms with Crippen molar-refractivity contribution in [2.24, 2.45) is 0 Å². The van der Waals surface area contributed by atoms with E-state index in [0.717, 1.165) is 21.3 Å². The van der Waals surface area contributed by atoms with E-state index in [9.17, 15) is 4.79 Å². The highest BCUT2D eigenvalue weighted by Gasteiger charge is 2.19. The first-order chi connectivity index (χ1) is 9.40. The summed E-state index contributed by atoms with van der Waals surface area (Å²) in [5, 5.41) is 0.204. The lowest BCUT2D eigenvalue weighted by molar-refractivity contribution is 0.0992. The number of rotatable bonds is 2. The van der Waals surface area contributed by atoms with Crippen LogP contribution in [0.5, 0.6) is 0 Å². The van der Waals surface area contributed by atoms with Crippen LogP contribution in [0.1, 0.15) is 21.5 Å². The number of amides is 1. The average molecular weight is 354 g/mol. The first-order valence-corrected chi connectivity index (χ1v) is 7.23. The SMILES string of the molecule is Cc1ccc(N(C)C(=O)c2cc(Br)cnc2Cl)c(C)c1. The predicted octanol–water partition coefficient (Wildman–Crippen LogP) is 4.39. The minimum Gasteiger partial charge on any atom is -0.311 e. The maximum atomic E-state index is 12.5. The van der Waals surface area contributed by atoms with Crippen LogP contribution < -0.4 is 4.90 Å². The zero-order chi connectivity index (χ0) is 14.9. The third kappa shape index (κ3) is 3.02. The Kier molecular flexibility index (Phi) is 4.45. The highest BCUT2D eigenvalue weighted by molar-refractivity contribution is 9.10. The molecule has 0 N–H and O–H groups in total. The molecule has 0 bridgehead atoms. The summed E-state index contributed by atoms with van der Waals surface area (Å²) in [7, 11) is 1.73. The van der Waals surface area contributed by atoms with Crippen molar-refractivity contribution in [2.75, 3.05) is 11.9 Å². The first-order valence-electron chi connectivity index (χ1n) is 6.06. The van der Waals surface area contributed by atoms with E-state index in [4.69, 9.17) is 11.6 Å². The zero-order valence-corrected chi connectivity index (χ0v) is 13.8. The van der Waals surface area contributed by atoms with Gasteiger partial charge in [-0.3, -0.25) is 4.79 Å². The Bertz CT molecular complexity index is 673. The maximum Gasteiger partial charge on any atom is 0.261 e. The molecule has 1 heterocycles. The second-order valence-electron chi connectivity index (χ2n) is 4.65. The molecule has 0 atom stereocenters. The van der Waals surface area contributed by atoms with E-state index in [-0.39, 0.29) is 11.1 Å². The van der Waals surface area contributed by atoms with E-state index in [0.29, 0.717) is 5.56 Å². The highest BCUT2D eigenvalue weighted by Crippen LogP contribution is 2.25. The Morgan fingerprint density at radius 2 is 2.00 bits per heavy atom. The lowest BCUT2D eigenvalue weighted by Crippen LogP contribution is -2.27. The smallest absolute Gasteiger partial charge is 0.261 e. The number of hydrogen-bond donors (Lipinski definition) is 0. The molecule has 1 aromatic heterocycles. The van der Waals surface area contributed by atoms with E-state index < -0.39 is 0 Å². The Morgan fingerprint density at radius 3 is 2.65 bits per heavy atom. The monoisotopic (exact) mass is 352 g/mol. The summed E-state index contributed by atoms with van der Waals surface area (Å²) in [5.74, 6) is -0.184. The van der Waals surface area contributed by atoms with Gasteiger partial charge in [0.15, 0.2) is 0 Å². The van der Waals surface area contributed by atoms with Gasteiger partial charge in [0.05, 0.1) is 5.56 Å². The summed E-state index contributed by atoms with van der Waals surface area (Å²) < 4.78 is 0.722. The lowest BCUT2D eigenvalue weighted by Gasteiger charge is -2.20. The van der Waals surface area contributed by atoms with Gasteiger partial charge in [-0.25, -0.2) is 4.98 Å². The number of benzene rings is 1. The summed E-state index contributed by atoms with van der Waals surface area (Å²) in [4.78, 5) is 18.1. The van der Waals surface area contributed by atoms with Gasteiger partial charge >= 0.3 is 0 Å². The predicted molar refractivity (Wildman–Crippen MR) is 85.6 cm³/mol. The summed E-state index contributed by atoms with van der Waals surface area (Å²) in [6, 6.07) is 7.63.